The second-order valence-corrected chi connectivity index (χ2v) is 10.3. The third kappa shape index (κ3) is 6.80. The van der Waals surface area contributed by atoms with Gasteiger partial charge in [-0.15, -0.1) is 0 Å². The molecule has 4 aromatic carbocycles. The number of benzene rings is 4. The minimum absolute atomic E-state index is 0.182. The van der Waals surface area contributed by atoms with Gasteiger partial charge in [0, 0.05) is 21.5 Å². The minimum atomic E-state index is -0.664. The Bertz CT molecular complexity index is 1950. The highest BCUT2D eigenvalue weighted by atomic mass is 35.5. The number of nitrogens with one attached hydrogen (secondary N) is 2. The van der Waals surface area contributed by atoms with Crippen molar-refractivity contribution in [3.8, 4) is 45.6 Å². The molecule has 0 atom stereocenters. The molecule has 242 valence electrons. The number of fused-ring (bicyclic) bond motifs is 1. The van der Waals surface area contributed by atoms with Crippen LogP contribution >= 0.6 is 11.6 Å². The van der Waals surface area contributed by atoms with Gasteiger partial charge in [0.25, 0.3) is 5.91 Å². The molecule has 1 aromatic heterocycles. The first-order chi connectivity index (χ1) is 22.8. The zero-order chi connectivity index (χ0) is 33.5. The first-order valence-electron chi connectivity index (χ1n) is 14.4. The molecule has 2 N–H and O–H groups in total. The van der Waals surface area contributed by atoms with Gasteiger partial charge >= 0.3 is 5.97 Å². The molecule has 0 saturated heterocycles. The van der Waals surface area contributed by atoms with Gasteiger partial charge in [0.05, 0.1) is 52.3 Å². The van der Waals surface area contributed by atoms with Crippen LogP contribution in [0.25, 0.3) is 22.0 Å². The van der Waals surface area contributed by atoms with E-state index in [1.54, 1.807) is 44.4 Å². The van der Waals surface area contributed by atoms with Gasteiger partial charge in [0.1, 0.15) is 11.4 Å². The zero-order valence-electron chi connectivity index (χ0n) is 26.3. The van der Waals surface area contributed by atoms with Crippen molar-refractivity contribution in [3.63, 3.8) is 0 Å². The topological polar surface area (TPSA) is 130 Å². The van der Waals surface area contributed by atoms with Crippen LogP contribution in [0.5, 0.6) is 34.5 Å². The number of hydrogen-bond acceptors (Lipinski definition) is 9. The molecule has 0 unspecified atom stereocenters. The van der Waals surface area contributed by atoms with E-state index in [1.165, 1.54) is 39.7 Å². The molecule has 11 nitrogen and oxygen atoms in total. The van der Waals surface area contributed by atoms with Crippen LogP contribution < -0.4 is 33.8 Å². The van der Waals surface area contributed by atoms with Crippen molar-refractivity contribution in [1.29, 1.82) is 0 Å². The predicted molar refractivity (Wildman–Crippen MR) is 179 cm³/mol. The number of nitrogens with zero attached hydrogens (tertiary/aromatic N) is 1. The van der Waals surface area contributed by atoms with Crippen LogP contribution in [0.2, 0.25) is 5.02 Å². The first kappa shape index (κ1) is 32.7. The monoisotopic (exact) mass is 657 g/mol. The Labute approximate surface area is 276 Å². The third-order valence-corrected chi connectivity index (χ3v) is 7.47. The summed E-state index contributed by atoms with van der Waals surface area (Å²) in [7, 11) is 5.94. The number of aromatic nitrogens is 1. The van der Waals surface area contributed by atoms with Gasteiger partial charge in [-0.25, -0.2) is 10.2 Å². The Kier molecular flexibility index (Phi) is 10.2. The summed E-state index contributed by atoms with van der Waals surface area (Å²) in [5.41, 5.74) is 5.55. The van der Waals surface area contributed by atoms with Crippen molar-refractivity contribution in [2.75, 3.05) is 35.0 Å². The molecule has 12 heteroatoms. The maximum Gasteiger partial charge on any atom is 0.343 e. The highest BCUT2D eigenvalue weighted by molar-refractivity contribution is 6.34. The van der Waals surface area contributed by atoms with E-state index < -0.39 is 11.9 Å². The lowest BCUT2D eigenvalue weighted by Gasteiger charge is -2.15. The molecule has 0 aliphatic carbocycles. The summed E-state index contributed by atoms with van der Waals surface area (Å²) in [6.45, 7) is 2.11. The van der Waals surface area contributed by atoms with Gasteiger partial charge in [-0.3, -0.25) is 4.79 Å². The van der Waals surface area contributed by atoms with E-state index in [2.05, 4.69) is 15.5 Å². The summed E-state index contributed by atoms with van der Waals surface area (Å²) in [5, 5.41) is 5.43. The molecule has 0 saturated carbocycles. The molecule has 0 aliphatic heterocycles. The average Bonchev–Trinajstić information content (AvgIpc) is 3.48. The van der Waals surface area contributed by atoms with E-state index in [0.29, 0.717) is 62.6 Å². The number of halogens is 1. The normalized spacial score (nSPS) is 10.9. The number of para-hydroxylation sites is 1. The van der Waals surface area contributed by atoms with Crippen molar-refractivity contribution in [2.24, 2.45) is 5.10 Å². The van der Waals surface area contributed by atoms with Gasteiger partial charge in [0.2, 0.25) is 5.75 Å². The lowest BCUT2D eigenvalue weighted by molar-refractivity contribution is 0.0727. The SMILES string of the molecule is CCOc1cc(C=NNC(=O)c2[nH]c3c(OC)cccc3c2-c2ccccc2Cl)ccc1OC(=O)c1cc(OC)c(OC)c(OC)c1. The number of H-pyrrole nitrogens is 1. The van der Waals surface area contributed by atoms with E-state index in [0.717, 1.165) is 5.39 Å². The second-order valence-electron chi connectivity index (χ2n) is 9.88. The predicted octanol–water partition coefficient (Wildman–Crippen LogP) is 6.90. The molecule has 47 heavy (non-hydrogen) atoms. The lowest BCUT2D eigenvalue weighted by atomic mass is 10.0. The van der Waals surface area contributed by atoms with E-state index in [9.17, 15) is 9.59 Å². The lowest BCUT2D eigenvalue weighted by Crippen LogP contribution is -2.19. The van der Waals surface area contributed by atoms with Crippen LogP contribution in [-0.2, 0) is 0 Å². The number of methoxy groups -OCH3 is 4. The molecule has 1 amide bonds. The number of esters is 1. The molecule has 0 spiro atoms. The molecule has 0 aliphatic rings. The van der Waals surface area contributed by atoms with Crippen molar-refractivity contribution in [3.05, 3.63) is 94.6 Å². The highest BCUT2D eigenvalue weighted by Gasteiger charge is 2.23. The van der Waals surface area contributed by atoms with Crippen LogP contribution in [0.1, 0.15) is 33.3 Å². The Morgan fingerprint density at radius 1 is 0.830 bits per heavy atom. The molecule has 0 bridgehead atoms. The van der Waals surface area contributed by atoms with Crippen LogP contribution in [0.4, 0.5) is 0 Å². The molecule has 5 rings (SSSR count). The smallest absolute Gasteiger partial charge is 0.343 e. The summed E-state index contributed by atoms with van der Waals surface area (Å²) >= 11 is 6.54. The number of hydrogen-bond donors (Lipinski definition) is 2. The average molecular weight is 658 g/mol. The van der Waals surface area contributed by atoms with Gasteiger partial charge in [-0.2, -0.15) is 5.10 Å². The van der Waals surface area contributed by atoms with Gasteiger partial charge in [0.15, 0.2) is 23.0 Å². The van der Waals surface area contributed by atoms with E-state index in [-0.39, 0.29) is 17.0 Å². The number of rotatable bonds is 12. The van der Waals surface area contributed by atoms with Crippen molar-refractivity contribution < 1.29 is 38.0 Å². The number of hydrazone groups is 1. The minimum Gasteiger partial charge on any atom is -0.495 e. The van der Waals surface area contributed by atoms with E-state index in [1.807, 2.05) is 30.3 Å². The van der Waals surface area contributed by atoms with Gasteiger partial charge in [-0.1, -0.05) is 41.9 Å². The summed E-state index contributed by atoms with van der Waals surface area (Å²) < 4.78 is 32.9. The van der Waals surface area contributed by atoms with Crippen LogP contribution in [0.3, 0.4) is 0 Å². The Morgan fingerprint density at radius 2 is 1.55 bits per heavy atom. The summed E-state index contributed by atoms with van der Waals surface area (Å²) in [5.74, 6) is 0.870. The van der Waals surface area contributed by atoms with Crippen molar-refractivity contribution >= 4 is 40.6 Å². The van der Waals surface area contributed by atoms with Crippen LogP contribution in [0, 0.1) is 0 Å². The van der Waals surface area contributed by atoms with E-state index in [4.69, 9.17) is 40.0 Å². The van der Waals surface area contributed by atoms with Crippen LogP contribution in [-0.4, -0.2) is 58.1 Å². The van der Waals surface area contributed by atoms with Gasteiger partial charge in [-0.05, 0) is 55.0 Å². The Morgan fingerprint density at radius 3 is 2.21 bits per heavy atom. The van der Waals surface area contributed by atoms with E-state index >= 15 is 0 Å². The van der Waals surface area contributed by atoms with Gasteiger partial charge < -0.3 is 33.4 Å². The zero-order valence-corrected chi connectivity index (χ0v) is 27.1. The molecular formula is C35H32ClN3O8. The molecule has 5 aromatic rings. The summed E-state index contributed by atoms with van der Waals surface area (Å²) in [6.07, 6.45) is 1.45. The summed E-state index contributed by atoms with van der Waals surface area (Å²) in [4.78, 5) is 29.8. The first-order valence-corrected chi connectivity index (χ1v) is 14.8. The Hall–Kier alpha value is -5.68. The maximum absolute atomic E-state index is 13.5. The quantitative estimate of drug-likeness (QED) is 0.0641. The Balaban J connectivity index is 1.39. The fourth-order valence-corrected chi connectivity index (χ4v) is 5.24. The summed E-state index contributed by atoms with van der Waals surface area (Å²) in [6, 6.07) is 20.7. The number of ether oxygens (including phenoxy) is 6. The molecular weight excluding hydrogens is 626 g/mol. The maximum atomic E-state index is 13.5. The standard InChI is InChI=1S/C35H32ClN3O8/c1-6-46-27-16-20(14-15-25(27)47-35(41)21-17-28(43-3)33(45-5)29(18-21)44-4)19-37-39-34(40)32-30(22-10-7-8-12-24(22)36)23-11-9-13-26(42-2)31(23)38-32/h7-19,38H,6H2,1-5H3,(H,39,40). The fourth-order valence-electron chi connectivity index (χ4n) is 5.01. The highest BCUT2D eigenvalue weighted by Crippen LogP contribution is 2.40. The molecule has 0 fully saturated rings. The fraction of sp³-hybridized carbons (Fsp3) is 0.171. The number of aromatic amines is 1. The van der Waals surface area contributed by atoms with Crippen molar-refractivity contribution in [2.45, 2.75) is 6.92 Å². The number of carbonyl (C=O) groups is 2. The molecule has 0 radical (unpaired) electrons. The number of carbonyl (C=O) groups excluding carboxylic acids is 2. The second kappa shape index (κ2) is 14.6. The van der Waals surface area contributed by atoms with Crippen molar-refractivity contribution in [1.82, 2.24) is 10.4 Å². The largest absolute Gasteiger partial charge is 0.495 e. The number of amides is 1. The van der Waals surface area contributed by atoms with Crippen LogP contribution in [0.15, 0.2) is 77.9 Å². The third-order valence-electron chi connectivity index (χ3n) is 7.14. The molecule has 1 heterocycles.